The first kappa shape index (κ1) is 14.3. The van der Waals surface area contributed by atoms with Crippen molar-refractivity contribution in [3.05, 3.63) is 25.3 Å². The van der Waals surface area contributed by atoms with E-state index in [0.29, 0.717) is 30.4 Å². The van der Waals surface area contributed by atoms with Gasteiger partial charge in [0.25, 0.3) is 0 Å². The van der Waals surface area contributed by atoms with E-state index in [1.54, 1.807) is 12.2 Å². The Morgan fingerprint density at radius 1 is 1.59 bits per heavy atom. The van der Waals surface area contributed by atoms with Crippen molar-refractivity contribution in [1.82, 2.24) is 10.2 Å². The number of nitrogens with zero attached hydrogens (tertiary/aromatic N) is 1. The average Bonchev–Trinajstić information content (AvgIpc) is 2.63. The minimum Gasteiger partial charge on any atom is -0.359 e. The molecule has 0 saturated carbocycles. The summed E-state index contributed by atoms with van der Waals surface area (Å²) in [7, 11) is -2.65. The van der Waals surface area contributed by atoms with Gasteiger partial charge < -0.3 is 10.2 Å². The van der Waals surface area contributed by atoms with Gasteiger partial charge in [-0.15, -0.1) is 13.2 Å². The molecule has 0 bridgehead atoms. The van der Waals surface area contributed by atoms with Crippen LogP contribution in [0, 0.1) is 0 Å². The molecule has 0 spiro atoms. The Kier molecular flexibility index (Phi) is 5.30. The van der Waals surface area contributed by atoms with E-state index in [1.807, 2.05) is 4.90 Å². The SMILES string of the molecule is C=CCNC(=S)N(CC=C)[C@@H]1CC[S+](=O)(O)C1. The van der Waals surface area contributed by atoms with Gasteiger partial charge in [-0.3, -0.25) is 0 Å². The van der Waals surface area contributed by atoms with Crippen LogP contribution >= 0.6 is 12.2 Å². The third-order valence-electron chi connectivity index (χ3n) is 2.65. The summed E-state index contributed by atoms with van der Waals surface area (Å²) in [6.07, 6.45) is 4.17. The Morgan fingerprint density at radius 3 is 2.76 bits per heavy atom. The van der Waals surface area contributed by atoms with Crippen LogP contribution in [0.2, 0.25) is 0 Å². The first-order valence-corrected chi connectivity index (χ1v) is 7.74. The molecule has 96 valence electrons. The summed E-state index contributed by atoms with van der Waals surface area (Å²) in [4.78, 5) is 1.93. The number of nitrogens with one attached hydrogen (secondary N) is 1. The second kappa shape index (κ2) is 6.28. The molecular formula is C11H19N2O2S2+. The maximum absolute atomic E-state index is 11.6. The summed E-state index contributed by atoms with van der Waals surface area (Å²) in [5.41, 5.74) is 0. The molecule has 2 atom stereocenters. The second-order valence-corrected chi connectivity index (χ2v) is 6.68. The molecule has 1 aliphatic heterocycles. The molecule has 0 radical (unpaired) electrons. The fourth-order valence-electron chi connectivity index (χ4n) is 1.83. The zero-order valence-electron chi connectivity index (χ0n) is 9.80. The standard InChI is InChI=1S/C11H18N2O2S2/c1-3-6-12-11(16)13(7-4-2)10-5-8-17(14,15)9-10/h3-4,10H,1-2,5-9H2,(H-,12,14,15,16)/p+1/t10-/m1/s1. The molecule has 0 aromatic carbocycles. The molecule has 0 aromatic heterocycles. The first-order chi connectivity index (χ1) is 8.00. The smallest absolute Gasteiger partial charge is 0.216 e. The third-order valence-corrected chi connectivity index (χ3v) is 4.81. The third kappa shape index (κ3) is 4.22. The highest BCUT2D eigenvalue weighted by atomic mass is 32.3. The molecule has 1 heterocycles. The average molecular weight is 275 g/mol. The van der Waals surface area contributed by atoms with Gasteiger partial charge in [-0.1, -0.05) is 16.4 Å². The Hall–Kier alpha value is -0.720. The van der Waals surface area contributed by atoms with Crippen molar-refractivity contribution in [1.29, 1.82) is 0 Å². The predicted molar refractivity (Wildman–Crippen MR) is 76.5 cm³/mol. The largest absolute Gasteiger partial charge is 0.359 e. The molecule has 1 aliphatic rings. The number of thiocarbonyl (C=S) groups is 1. The highest BCUT2D eigenvalue weighted by Crippen LogP contribution is 2.21. The summed E-state index contributed by atoms with van der Waals surface area (Å²) in [5.74, 6) is 0.645. The maximum atomic E-state index is 11.6. The molecule has 1 fully saturated rings. The summed E-state index contributed by atoms with van der Waals surface area (Å²) in [6.45, 7) is 8.48. The minimum absolute atomic E-state index is 0.0234. The number of hydrogen-bond donors (Lipinski definition) is 2. The molecule has 1 unspecified atom stereocenters. The van der Waals surface area contributed by atoms with Gasteiger partial charge >= 0.3 is 0 Å². The number of hydrogen-bond acceptors (Lipinski definition) is 2. The van der Waals surface area contributed by atoms with Crippen molar-refractivity contribution in [2.24, 2.45) is 0 Å². The van der Waals surface area contributed by atoms with E-state index in [1.165, 1.54) is 0 Å². The van der Waals surface area contributed by atoms with Gasteiger partial charge in [-0.2, -0.15) is 4.55 Å². The van der Waals surface area contributed by atoms with Crippen molar-refractivity contribution in [3.8, 4) is 0 Å². The van der Waals surface area contributed by atoms with Crippen LogP contribution in [0.5, 0.6) is 0 Å². The van der Waals surface area contributed by atoms with Crippen molar-refractivity contribution in [2.75, 3.05) is 24.6 Å². The molecule has 0 amide bonds. The van der Waals surface area contributed by atoms with Gasteiger partial charge in [0, 0.05) is 19.5 Å². The van der Waals surface area contributed by atoms with Crippen LogP contribution in [-0.4, -0.2) is 45.2 Å². The molecule has 0 aromatic rings. The monoisotopic (exact) mass is 275 g/mol. The molecular weight excluding hydrogens is 256 g/mol. The molecule has 6 heteroatoms. The zero-order valence-corrected chi connectivity index (χ0v) is 11.4. The first-order valence-electron chi connectivity index (χ1n) is 5.48. The van der Waals surface area contributed by atoms with Gasteiger partial charge in [0.2, 0.25) is 10.2 Å². The van der Waals surface area contributed by atoms with E-state index in [9.17, 15) is 8.76 Å². The Labute approximate surface area is 109 Å². The molecule has 2 N–H and O–H groups in total. The lowest BCUT2D eigenvalue weighted by Gasteiger charge is -2.28. The fraction of sp³-hybridized carbons (Fsp3) is 0.545. The van der Waals surface area contributed by atoms with Crippen LogP contribution in [0.15, 0.2) is 25.3 Å². The Balaban J connectivity index is 2.65. The van der Waals surface area contributed by atoms with Crippen LogP contribution in [0.25, 0.3) is 0 Å². The van der Waals surface area contributed by atoms with Gasteiger partial charge in [-0.05, 0) is 12.2 Å². The molecule has 1 rings (SSSR count). The maximum Gasteiger partial charge on any atom is 0.216 e. The van der Waals surface area contributed by atoms with E-state index in [-0.39, 0.29) is 11.8 Å². The highest BCUT2D eigenvalue weighted by molar-refractivity contribution is 7.98. The van der Waals surface area contributed by atoms with Gasteiger partial charge in [0.15, 0.2) is 10.9 Å². The van der Waals surface area contributed by atoms with Crippen LogP contribution < -0.4 is 5.32 Å². The Morgan fingerprint density at radius 2 is 2.29 bits per heavy atom. The minimum atomic E-state index is -2.65. The molecule has 1 saturated heterocycles. The lowest BCUT2D eigenvalue weighted by molar-refractivity contribution is 0.360. The van der Waals surface area contributed by atoms with E-state index >= 15 is 0 Å². The molecule has 4 nitrogen and oxygen atoms in total. The summed E-state index contributed by atoms with van der Waals surface area (Å²) in [6, 6.07) is 0.0234. The van der Waals surface area contributed by atoms with E-state index in [0.717, 1.165) is 0 Å². The van der Waals surface area contributed by atoms with E-state index < -0.39 is 10.2 Å². The molecule has 0 aliphatic carbocycles. The van der Waals surface area contributed by atoms with Crippen molar-refractivity contribution in [2.45, 2.75) is 12.5 Å². The van der Waals surface area contributed by atoms with Crippen LogP contribution in [0.4, 0.5) is 0 Å². The normalized spacial score (nSPS) is 27.5. The summed E-state index contributed by atoms with van der Waals surface area (Å²) in [5, 5.41) is 3.63. The van der Waals surface area contributed by atoms with E-state index in [4.69, 9.17) is 12.2 Å². The van der Waals surface area contributed by atoms with Gasteiger partial charge in [0.1, 0.15) is 5.75 Å². The molecule has 17 heavy (non-hydrogen) atoms. The van der Waals surface area contributed by atoms with Crippen molar-refractivity contribution in [3.63, 3.8) is 0 Å². The number of rotatable bonds is 5. The lowest BCUT2D eigenvalue weighted by atomic mass is 10.2. The second-order valence-electron chi connectivity index (χ2n) is 4.00. The van der Waals surface area contributed by atoms with Crippen LogP contribution in [-0.2, 0) is 14.4 Å². The fourth-order valence-corrected chi connectivity index (χ4v) is 3.89. The van der Waals surface area contributed by atoms with Gasteiger partial charge in [0.05, 0.1) is 6.04 Å². The lowest BCUT2D eigenvalue weighted by Crippen LogP contribution is -2.46. The van der Waals surface area contributed by atoms with Crippen LogP contribution in [0.3, 0.4) is 0 Å². The Bertz CT molecular complexity index is 357. The summed E-state index contributed by atoms with van der Waals surface area (Å²) < 4.78 is 21.1. The van der Waals surface area contributed by atoms with Crippen molar-refractivity contribution >= 4 is 27.5 Å². The topological polar surface area (TPSA) is 52.6 Å². The zero-order chi connectivity index (χ0) is 12.9. The van der Waals surface area contributed by atoms with Gasteiger partial charge in [-0.25, -0.2) is 0 Å². The summed E-state index contributed by atoms with van der Waals surface area (Å²) >= 11 is 5.26. The quantitative estimate of drug-likeness (QED) is 0.450. The van der Waals surface area contributed by atoms with Crippen molar-refractivity contribution < 1.29 is 8.76 Å². The van der Waals surface area contributed by atoms with E-state index in [2.05, 4.69) is 18.5 Å². The predicted octanol–water partition coefficient (Wildman–Crippen LogP) is 1.28. The highest BCUT2D eigenvalue weighted by Gasteiger charge is 2.41. The van der Waals surface area contributed by atoms with Crippen LogP contribution in [0.1, 0.15) is 6.42 Å².